The van der Waals surface area contributed by atoms with Crippen LogP contribution in [0.15, 0.2) is 30.3 Å². The highest BCUT2D eigenvalue weighted by molar-refractivity contribution is 5.29. The summed E-state index contributed by atoms with van der Waals surface area (Å²) in [4.78, 5) is 0. The van der Waals surface area contributed by atoms with E-state index in [-0.39, 0.29) is 0 Å². The molecule has 0 N–H and O–H groups in total. The average Bonchev–Trinajstić information content (AvgIpc) is 2.77. The minimum absolute atomic E-state index is 0.554. The van der Waals surface area contributed by atoms with Gasteiger partial charge in [0.15, 0.2) is 0 Å². The van der Waals surface area contributed by atoms with Crippen LogP contribution in [0, 0.1) is 6.92 Å². The van der Waals surface area contributed by atoms with Crippen molar-refractivity contribution in [2.24, 2.45) is 0 Å². The first kappa shape index (κ1) is 13.7. The molecule has 0 bridgehead atoms. The van der Waals surface area contributed by atoms with Gasteiger partial charge in [0.1, 0.15) is 12.4 Å². The normalized spacial score (nSPS) is 11.0. The molecule has 1 aromatic heterocycles. The summed E-state index contributed by atoms with van der Waals surface area (Å²) in [6, 6.07) is 10.4. The molecule has 3 nitrogen and oxygen atoms in total. The Labute approximate surface area is 115 Å². The molecule has 102 valence electrons. The van der Waals surface area contributed by atoms with E-state index < -0.39 is 0 Å². The van der Waals surface area contributed by atoms with Gasteiger partial charge in [-0.15, -0.1) is 0 Å². The van der Waals surface area contributed by atoms with Crippen molar-refractivity contribution in [3.8, 4) is 5.75 Å². The van der Waals surface area contributed by atoms with Crippen molar-refractivity contribution in [1.82, 2.24) is 9.78 Å². The quantitative estimate of drug-likeness (QED) is 0.813. The van der Waals surface area contributed by atoms with Crippen molar-refractivity contribution in [1.29, 1.82) is 0 Å². The van der Waals surface area contributed by atoms with Gasteiger partial charge in [0.2, 0.25) is 0 Å². The minimum Gasteiger partial charge on any atom is -0.487 e. The molecule has 2 aromatic rings. The number of aromatic nitrogens is 2. The molecule has 2 rings (SSSR count). The third-order valence-corrected chi connectivity index (χ3v) is 3.22. The van der Waals surface area contributed by atoms with Gasteiger partial charge in [0.25, 0.3) is 0 Å². The van der Waals surface area contributed by atoms with E-state index in [0.717, 1.165) is 23.7 Å². The van der Waals surface area contributed by atoms with Crippen LogP contribution in [0.3, 0.4) is 0 Å². The third-order valence-electron chi connectivity index (χ3n) is 3.22. The first-order chi connectivity index (χ1) is 9.10. The summed E-state index contributed by atoms with van der Waals surface area (Å²) in [6.45, 7) is 9.92. The smallest absolute Gasteiger partial charge is 0.130 e. The molecule has 0 spiro atoms. The predicted molar refractivity (Wildman–Crippen MR) is 77.5 cm³/mol. The Morgan fingerprint density at radius 1 is 1.21 bits per heavy atom. The first-order valence-electron chi connectivity index (χ1n) is 6.86. The fraction of sp³-hybridized carbons (Fsp3) is 0.438. The number of aryl methyl sites for hydroxylation is 2. The molecule has 0 atom stereocenters. The van der Waals surface area contributed by atoms with Crippen LogP contribution in [0.4, 0.5) is 0 Å². The highest BCUT2D eigenvalue weighted by Crippen LogP contribution is 2.19. The monoisotopic (exact) mass is 258 g/mol. The van der Waals surface area contributed by atoms with Crippen LogP contribution in [0.25, 0.3) is 0 Å². The molecule has 0 aliphatic heterocycles. The van der Waals surface area contributed by atoms with Crippen LogP contribution < -0.4 is 4.74 Å². The molecule has 0 radical (unpaired) electrons. The maximum absolute atomic E-state index is 5.82. The van der Waals surface area contributed by atoms with Gasteiger partial charge in [-0.25, -0.2) is 0 Å². The van der Waals surface area contributed by atoms with Crippen LogP contribution in [-0.4, -0.2) is 9.78 Å². The number of benzene rings is 1. The highest BCUT2D eigenvalue weighted by Gasteiger charge is 2.05. The zero-order valence-corrected chi connectivity index (χ0v) is 12.2. The second-order valence-electron chi connectivity index (χ2n) is 5.11. The second kappa shape index (κ2) is 5.91. The van der Waals surface area contributed by atoms with E-state index in [0.29, 0.717) is 12.5 Å². The number of ether oxygens (including phenoxy) is 1. The van der Waals surface area contributed by atoms with E-state index >= 15 is 0 Å². The topological polar surface area (TPSA) is 27.1 Å². The van der Waals surface area contributed by atoms with E-state index in [1.165, 1.54) is 5.56 Å². The molecule has 0 aliphatic carbocycles. The lowest BCUT2D eigenvalue weighted by Gasteiger charge is -2.09. The van der Waals surface area contributed by atoms with Crippen LogP contribution in [-0.2, 0) is 13.2 Å². The molecule has 1 heterocycles. The maximum atomic E-state index is 5.82. The van der Waals surface area contributed by atoms with Crippen LogP contribution in [0.5, 0.6) is 5.75 Å². The Bertz CT molecular complexity index is 526. The summed E-state index contributed by atoms with van der Waals surface area (Å²) < 4.78 is 7.81. The molecule has 0 aliphatic rings. The maximum Gasteiger partial charge on any atom is 0.130 e. The fourth-order valence-corrected chi connectivity index (χ4v) is 2.10. The molecular formula is C16H22N2O. The Balaban J connectivity index is 2.01. The molecule has 3 heteroatoms. The van der Waals surface area contributed by atoms with E-state index in [1.807, 2.05) is 23.7 Å². The predicted octanol–water partition coefficient (Wildman–Crippen LogP) is 3.91. The summed E-state index contributed by atoms with van der Waals surface area (Å²) in [5.74, 6) is 1.46. The van der Waals surface area contributed by atoms with Crippen molar-refractivity contribution in [3.63, 3.8) is 0 Å². The number of nitrogens with zero attached hydrogens (tertiary/aromatic N) is 2. The summed E-state index contributed by atoms with van der Waals surface area (Å²) in [7, 11) is 0. The van der Waals surface area contributed by atoms with Crippen LogP contribution in [0.2, 0.25) is 0 Å². The van der Waals surface area contributed by atoms with E-state index in [9.17, 15) is 0 Å². The molecule has 0 amide bonds. The zero-order valence-electron chi connectivity index (χ0n) is 12.2. The van der Waals surface area contributed by atoms with Crippen LogP contribution in [0.1, 0.15) is 43.6 Å². The van der Waals surface area contributed by atoms with E-state index in [4.69, 9.17) is 4.74 Å². The van der Waals surface area contributed by atoms with Crippen molar-refractivity contribution in [2.45, 2.75) is 46.8 Å². The largest absolute Gasteiger partial charge is 0.487 e. The number of rotatable bonds is 5. The fourth-order valence-electron chi connectivity index (χ4n) is 2.10. The van der Waals surface area contributed by atoms with Gasteiger partial charge in [-0.05, 0) is 43.5 Å². The summed E-state index contributed by atoms with van der Waals surface area (Å²) >= 11 is 0. The van der Waals surface area contributed by atoms with Crippen molar-refractivity contribution in [3.05, 3.63) is 47.3 Å². The molecule has 19 heavy (non-hydrogen) atoms. The Morgan fingerprint density at radius 2 is 1.89 bits per heavy atom. The zero-order chi connectivity index (χ0) is 13.8. The van der Waals surface area contributed by atoms with Gasteiger partial charge in [0.05, 0.1) is 11.4 Å². The van der Waals surface area contributed by atoms with Gasteiger partial charge in [-0.1, -0.05) is 26.0 Å². The van der Waals surface area contributed by atoms with Gasteiger partial charge in [-0.3, -0.25) is 4.68 Å². The molecule has 0 saturated carbocycles. The summed E-state index contributed by atoms with van der Waals surface area (Å²) in [6.07, 6.45) is 0. The Hall–Kier alpha value is -1.77. The highest BCUT2D eigenvalue weighted by atomic mass is 16.5. The molecular weight excluding hydrogens is 236 g/mol. The Kier molecular flexibility index (Phi) is 4.25. The lowest BCUT2D eigenvalue weighted by Crippen LogP contribution is -2.06. The molecule has 0 fully saturated rings. The Morgan fingerprint density at radius 3 is 2.47 bits per heavy atom. The second-order valence-corrected chi connectivity index (χ2v) is 5.11. The lowest BCUT2D eigenvalue weighted by atomic mass is 10.0. The minimum atomic E-state index is 0.554. The van der Waals surface area contributed by atoms with Crippen LogP contribution >= 0.6 is 0 Å². The lowest BCUT2D eigenvalue weighted by molar-refractivity contribution is 0.292. The number of hydrogen-bond donors (Lipinski definition) is 0. The van der Waals surface area contributed by atoms with Crippen molar-refractivity contribution in [2.75, 3.05) is 0 Å². The van der Waals surface area contributed by atoms with Gasteiger partial charge in [0, 0.05) is 6.54 Å². The number of hydrogen-bond acceptors (Lipinski definition) is 2. The standard InChI is InChI=1S/C16H22N2O/c1-5-18-15(10-13(4)17-18)11-19-16-8-6-14(7-9-16)12(2)3/h6-10,12H,5,11H2,1-4H3. The van der Waals surface area contributed by atoms with Gasteiger partial charge in [-0.2, -0.15) is 5.10 Å². The van der Waals surface area contributed by atoms with Gasteiger partial charge >= 0.3 is 0 Å². The SMILES string of the molecule is CCn1nc(C)cc1COc1ccc(C(C)C)cc1. The summed E-state index contributed by atoms with van der Waals surface area (Å²) in [5.41, 5.74) is 3.49. The third kappa shape index (κ3) is 3.37. The molecule has 1 aromatic carbocycles. The van der Waals surface area contributed by atoms with Gasteiger partial charge < -0.3 is 4.74 Å². The molecule has 0 unspecified atom stereocenters. The van der Waals surface area contributed by atoms with E-state index in [2.05, 4.69) is 44.1 Å². The summed E-state index contributed by atoms with van der Waals surface area (Å²) in [5, 5.41) is 4.42. The molecule has 0 saturated heterocycles. The first-order valence-corrected chi connectivity index (χ1v) is 6.86. The van der Waals surface area contributed by atoms with Crippen molar-refractivity contribution >= 4 is 0 Å². The van der Waals surface area contributed by atoms with Crippen molar-refractivity contribution < 1.29 is 4.74 Å². The average molecular weight is 258 g/mol. The van der Waals surface area contributed by atoms with E-state index in [1.54, 1.807) is 0 Å².